The summed E-state index contributed by atoms with van der Waals surface area (Å²) >= 11 is 0. The van der Waals surface area contributed by atoms with Crippen LogP contribution in [0, 0.1) is 32.8 Å². The Bertz CT molecular complexity index is 951. The van der Waals surface area contributed by atoms with E-state index in [4.69, 9.17) is 5.26 Å². The van der Waals surface area contributed by atoms with Crippen molar-refractivity contribution in [3.63, 3.8) is 0 Å². The summed E-state index contributed by atoms with van der Waals surface area (Å²) < 4.78 is 0. The van der Waals surface area contributed by atoms with Crippen molar-refractivity contribution in [2.45, 2.75) is 6.10 Å². The van der Waals surface area contributed by atoms with E-state index >= 15 is 0 Å². The van der Waals surface area contributed by atoms with E-state index in [1.807, 2.05) is 6.07 Å². The lowest BCUT2D eigenvalue weighted by atomic mass is 9.96. The van der Waals surface area contributed by atoms with Gasteiger partial charge in [-0.25, -0.2) is 0 Å². The van der Waals surface area contributed by atoms with Gasteiger partial charge in [-0.15, -0.1) is 0 Å². The third-order valence-electron chi connectivity index (χ3n) is 3.65. The quantitative estimate of drug-likeness (QED) is 0.335. The van der Waals surface area contributed by atoms with Crippen LogP contribution in [0.25, 0.3) is 16.7 Å². The maximum absolute atomic E-state index is 11.0. The molecule has 0 spiro atoms. The number of aliphatic hydroxyl groups excluding tert-OH is 1. The van der Waals surface area contributed by atoms with Crippen LogP contribution in [0.4, 0.5) is 5.69 Å². The number of nitriles is 2. The molecule has 0 aliphatic heterocycles. The van der Waals surface area contributed by atoms with Gasteiger partial charge in [0.25, 0.3) is 5.69 Å². The van der Waals surface area contributed by atoms with Gasteiger partial charge in [-0.05, 0) is 28.8 Å². The number of benzene rings is 1. The lowest BCUT2D eigenvalue weighted by Crippen LogP contribution is -2.08. The Morgan fingerprint density at radius 1 is 1.22 bits per heavy atom. The summed E-state index contributed by atoms with van der Waals surface area (Å²) in [6.07, 6.45) is 1.46. The summed E-state index contributed by atoms with van der Waals surface area (Å²) in [4.78, 5) is 14.5. The molecule has 0 amide bonds. The van der Waals surface area contributed by atoms with Crippen LogP contribution in [0.1, 0.15) is 11.1 Å². The molecule has 1 N–H and O–H groups in total. The maximum Gasteiger partial charge on any atom is 0.270 e. The molecule has 1 heterocycles. The highest BCUT2D eigenvalue weighted by Gasteiger charge is 2.30. The molecule has 23 heavy (non-hydrogen) atoms. The van der Waals surface area contributed by atoms with E-state index in [1.165, 1.54) is 18.3 Å². The van der Waals surface area contributed by atoms with Crippen LogP contribution in [-0.2, 0) is 0 Å². The summed E-state index contributed by atoms with van der Waals surface area (Å²) in [5.41, 5.74) is 2.47. The number of nitro groups is 1. The Morgan fingerprint density at radius 3 is 2.61 bits per heavy atom. The van der Waals surface area contributed by atoms with Crippen LogP contribution < -0.4 is 0 Å². The van der Waals surface area contributed by atoms with Gasteiger partial charge >= 0.3 is 0 Å². The van der Waals surface area contributed by atoms with Gasteiger partial charge in [-0.2, -0.15) is 10.5 Å². The number of nitrogens with zero attached hydrogens (tertiary/aromatic N) is 4. The van der Waals surface area contributed by atoms with Gasteiger partial charge in [0.2, 0.25) is 0 Å². The highest BCUT2D eigenvalue weighted by atomic mass is 16.6. The van der Waals surface area contributed by atoms with E-state index in [0.29, 0.717) is 22.3 Å². The number of aliphatic hydroxyl groups is 1. The first-order chi connectivity index (χ1) is 11.1. The summed E-state index contributed by atoms with van der Waals surface area (Å²) in [6.45, 7) is 0. The van der Waals surface area contributed by atoms with Gasteiger partial charge < -0.3 is 5.11 Å². The first-order valence-electron chi connectivity index (χ1n) is 6.54. The third kappa shape index (κ3) is 2.13. The van der Waals surface area contributed by atoms with Crippen molar-refractivity contribution < 1.29 is 10.0 Å². The fraction of sp³-hybridized carbons (Fsp3) is 0.0625. The van der Waals surface area contributed by atoms with Crippen molar-refractivity contribution >= 4 is 11.3 Å². The standard InChI is InChI=1S/C16H8N4O3/c17-6-13(15(21)7-18)16-12-5-9(20(22)23)1-2-10(12)11-3-4-19-8-14(11)16/h1-5,8,15,21H. The average Bonchev–Trinajstić information content (AvgIpc) is 2.89. The minimum atomic E-state index is -1.62. The Balaban J connectivity index is 2.41. The second-order valence-electron chi connectivity index (χ2n) is 4.84. The molecule has 1 aliphatic rings. The number of rotatable bonds is 2. The van der Waals surface area contributed by atoms with Crippen LogP contribution in [0.15, 0.2) is 42.2 Å². The first-order valence-corrected chi connectivity index (χ1v) is 6.54. The number of non-ortho nitro benzene ring substituents is 1. The smallest absolute Gasteiger partial charge is 0.270 e. The first kappa shape index (κ1) is 14.4. The van der Waals surface area contributed by atoms with E-state index in [9.17, 15) is 20.5 Å². The molecule has 7 nitrogen and oxygen atoms in total. The second kappa shape index (κ2) is 5.34. The molecule has 1 aromatic heterocycles. The van der Waals surface area contributed by atoms with E-state index in [1.54, 1.807) is 24.4 Å². The molecule has 1 aromatic carbocycles. The van der Waals surface area contributed by atoms with Crippen molar-refractivity contribution in [3.8, 4) is 23.3 Å². The minimum Gasteiger partial charge on any atom is -0.373 e. The summed E-state index contributed by atoms with van der Waals surface area (Å²) in [5.74, 6) is 0. The van der Waals surface area contributed by atoms with Crippen molar-refractivity contribution in [3.05, 3.63) is 63.5 Å². The molecule has 1 aliphatic carbocycles. The molecule has 0 fully saturated rings. The zero-order valence-electron chi connectivity index (χ0n) is 11.6. The van der Waals surface area contributed by atoms with Gasteiger partial charge in [0.15, 0.2) is 6.10 Å². The zero-order chi connectivity index (χ0) is 16.6. The van der Waals surface area contributed by atoms with E-state index in [0.717, 1.165) is 5.56 Å². The molecule has 110 valence electrons. The normalized spacial score (nSPS) is 14.9. The molecule has 0 saturated heterocycles. The lowest BCUT2D eigenvalue weighted by Gasteiger charge is -2.07. The Hall–Kier alpha value is -3.55. The van der Waals surface area contributed by atoms with Gasteiger partial charge in [0.1, 0.15) is 0 Å². The van der Waals surface area contributed by atoms with Crippen LogP contribution in [0.3, 0.4) is 0 Å². The molecule has 7 heteroatoms. The van der Waals surface area contributed by atoms with Crippen LogP contribution in [-0.4, -0.2) is 21.1 Å². The van der Waals surface area contributed by atoms with E-state index in [2.05, 4.69) is 4.98 Å². The summed E-state index contributed by atoms with van der Waals surface area (Å²) in [7, 11) is 0. The van der Waals surface area contributed by atoms with Crippen LogP contribution in [0.5, 0.6) is 0 Å². The fourth-order valence-corrected chi connectivity index (χ4v) is 2.67. The molecular weight excluding hydrogens is 296 g/mol. The molecule has 1 atom stereocenters. The van der Waals surface area contributed by atoms with E-state index < -0.39 is 11.0 Å². The van der Waals surface area contributed by atoms with Crippen LogP contribution in [0.2, 0.25) is 0 Å². The zero-order valence-corrected chi connectivity index (χ0v) is 11.6. The van der Waals surface area contributed by atoms with Crippen molar-refractivity contribution in [2.24, 2.45) is 0 Å². The van der Waals surface area contributed by atoms with Crippen molar-refractivity contribution in [1.29, 1.82) is 10.5 Å². The number of hydrogen-bond donors (Lipinski definition) is 1. The number of fused-ring (bicyclic) bond motifs is 3. The molecular formula is C16H8N4O3. The number of hydrogen-bond acceptors (Lipinski definition) is 6. The molecule has 1 unspecified atom stereocenters. The fourth-order valence-electron chi connectivity index (χ4n) is 2.67. The molecule has 0 saturated carbocycles. The van der Waals surface area contributed by atoms with Gasteiger partial charge in [0, 0.05) is 35.7 Å². The minimum absolute atomic E-state index is 0.134. The highest BCUT2D eigenvalue weighted by molar-refractivity contribution is 6.03. The van der Waals surface area contributed by atoms with Gasteiger partial charge in [0.05, 0.1) is 22.6 Å². The topological polar surface area (TPSA) is 124 Å². The maximum atomic E-state index is 11.0. The van der Waals surface area contributed by atoms with E-state index in [-0.39, 0.29) is 11.3 Å². The van der Waals surface area contributed by atoms with Crippen molar-refractivity contribution in [1.82, 2.24) is 4.98 Å². The van der Waals surface area contributed by atoms with Gasteiger partial charge in [-0.3, -0.25) is 15.1 Å². The summed E-state index contributed by atoms with van der Waals surface area (Å²) in [5, 5.41) is 39.1. The lowest BCUT2D eigenvalue weighted by molar-refractivity contribution is -0.384. The molecule has 0 radical (unpaired) electrons. The molecule has 0 bridgehead atoms. The Morgan fingerprint density at radius 2 is 1.96 bits per heavy atom. The SMILES string of the molecule is N#CC(=C1c2cnccc2-c2ccc([N+](=O)[O-])cc21)C(O)C#N. The van der Waals surface area contributed by atoms with Gasteiger partial charge in [-0.1, -0.05) is 0 Å². The summed E-state index contributed by atoms with van der Waals surface area (Å²) in [6, 6.07) is 9.47. The number of nitro benzene ring substituents is 1. The highest BCUT2D eigenvalue weighted by Crippen LogP contribution is 2.46. The monoisotopic (exact) mass is 304 g/mol. The number of pyridine rings is 1. The average molecular weight is 304 g/mol. The molecule has 3 rings (SSSR count). The Kier molecular flexibility index (Phi) is 3.34. The predicted octanol–water partition coefficient (Wildman–Crippen LogP) is 2.18. The molecule has 2 aromatic rings. The third-order valence-corrected chi connectivity index (χ3v) is 3.65. The largest absolute Gasteiger partial charge is 0.373 e. The van der Waals surface area contributed by atoms with Crippen LogP contribution >= 0.6 is 0 Å². The second-order valence-corrected chi connectivity index (χ2v) is 4.84. The Labute approximate surface area is 130 Å². The van der Waals surface area contributed by atoms with Crippen molar-refractivity contribution in [2.75, 3.05) is 0 Å². The number of aromatic nitrogens is 1. The predicted molar refractivity (Wildman–Crippen MR) is 79.6 cm³/mol.